The van der Waals surface area contributed by atoms with Gasteiger partial charge >= 0.3 is 0 Å². The van der Waals surface area contributed by atoms with E-state index in [0.717, 1.165) is 11.3 Å². The Morgan fingerprint density at radius 3 is 2.50 bits per heavy atom. The number of aromatic nitrogens is 2. The van der Waals surface area contributed by atoms with Gasteiger partial charge < -0.3 is 9.47 Å². The quantitative estimate of drug-likeness (QED) is 0.868. The minimum atomic E-state index is -3.68. The summed E-state index contributed by atoms with van der Waals surface area (Å²) in [5, 5.41) is 8.36. The highest BCUT2D eigenvalue weighted by Crippen LogP contribution is 2.21. The summed E-state index contributed by atoms with van der Waals surface area (Å²) in [4.78, 5) is 0.127. The molecule has 0 spiro atoms. The Bertz CT molecular complexity index is 667. The van der Waals surface area contributed by atoms with E-state index in [1.807, 2.05) is 0 Å². The average Bonchev–Trinajstić information content (AvgIpc) is 2.86. The molecule has 1 N–H and O–H groups in total. The summed E-state index contributed by atoms with van der Waals surface area (Å²) in [7, 11) is -0.634. The summed E-state index contributed by atoms with van der Waals surface area (Å²) in [6.45, 7) is 0.294. The molecule has 1 aromatic heterocycles. The molecule has 1 aromatic carbocycles. The Kier molecular flexibility index (Phi) is 4.53. The van der Waals surface area contributed by atoms with Gasteiger partial charge in [0.05, 0.1) is 12.0 Å². The minimum absolute atomic E-state index is 0.127. The number of sulfonamides is 1. The maximum atomic E-state index is 12.1. The van der Waals surface area contributed by atoms with Crippen molar-refractivity contribution in [3.63, 3.8) is 0 Å². The van der Waals surface area contributed by atoms with Gasteiger partial charge in [0.25, 0.3) is 10.0 Å². The molecule has 0 aliphatic carbocycles. The first-order valence-electron chi connectivity index (χ1n) is 5.53. The zero-order valence-corrected chi connectivity index (χ0v) is 12.5. The topological polar surface area (TPSA) is 90.4 Å². The van der Waals surface area contributed by atoms with Crippen LogP contribution in [0.15, 0.2) is 29.2 Å². The van der Waals surface area contributed by atoms with E-state index in [9.17, 15) is 8.42 Å². The number of ether oxygens (including phenoxy) is 2. The Hall–Kier alpha value is -1.71. The monoisotopic (exact) mass is 315 g/mol. The first-order chi connectivity index (χ1) is 9.55. The van der Waals surface area contributed by atoms with Crippen molar-refractivity contribution in [3.8, 4) is 5.75 Å². The van der Waals surface area contributed by atoms with Crippen LogP contribution >= 0.6 is 11.3 Å². The molecular formula is C11H13N3O4S2. The van der Waals surface area contributed by atoms with Gasteiger partial charge in [-0.15, -0.1) is 10.2 Å². The molecule has 0 radical (unpaired) electrons. The van der Waals surface area contributed by atoms with Crippen LogP contribution < -0.4 is 9.46 Å². The van der Waals surface area contributed by atoms with Crippen LogP contribution in [-0.4, -0.2) is 32.8 Å². The molecule has 0 aliphatic heterocycles. The van der Waals surface area contributed by atoms with E-state index in [1.54, 1.807) is 12.1 Å². The zero-order chi connectivity index (χ0) is 14.6. The second-order valence-corrected chi connectivity index (χ2v) is 6.46. The van der Waals surface area contributed by atoms with E-state index in [1.165, 1.54) is 26.4 Å². The molecule has 2 rings (SSSR count). The molecule has 0 amide bonds. The lowest BCUT2D eigenvalue weighted by atomic mass is 10.3. The fourth-order valence-corrected chi connectivity index (χ4v) is 3.35. The molecular weight excluding hydrogens is 302 g/mol. The Morgan fingerprint density at radius 2 is 1.90 bits per heavy atom. The van der Waals surface area contributed by atoms with E-state index in [0.29, 0.717) is 17.4 Å². The highest BCUT2D eigenvalue weighted by molar-refractivity contribution is 7.93. The lowest BCUT2D eigenvalue weighted by molar-refractivity contribution is 0.184. The van der Waals surface area contributed by atoms with Crippen LogP contribution in [0.3, 0.4) is 0 Å². The number of nitrogens with one attached hydrogen (secondary N) is 1. The van der Waals surface area contributed by atoms with Crippen LogP contribution in [0, 0.1) is 0 Å². The van der Waals surface area contributed by atoms with E-state index >= 15 is 0 Å². The van der Waals surface area contributed by atoms with Gasteiger partial charge in [-0.25, -0.2) is 8.42 Å². The van der Waals surface area contributed by atoms with Gasteiger partial charge in [-0.3, -0.25) is 4.72 Å². The summed E-state index contributed by atoms with van der Waals surface area (Å²) in [6.07, 6.45) is 0. The predicted molar refractivity (Wildman–Crippen MR) is 74.4 cm³/mol. The smallest absolute Gasteiger partial charge is 0.263 e. The predicted octanol–water partition coefficient (Wildman–Crippen LogP) is 1.49. The van der Waals surface area contributed by atoms with Crippen molar-refractivity contribution < 1.29 is 17.9 Å². The normalized spacial score (nSPS) is 11.3. The molecule has 9 heteroatoms. The summed E-state index contributed by atoms with van der Waals surface area (Å²) in [5.74, 6) is 0.585. The number of hydrogen-bond donors (Lipinski definition) is 1. The first kappa shape index (κ1) is 14.7. The Labute approximate surface area is 120 Å². The van der Waals surface area contributed by atoms with Gasteiger partial charge in [-0.2, -0.15) is 0 Å². The molecule has 0 fully saturated rings. The fourth-order valence-electron chi connectivity index (χ4n) is 1.41. The van der Waals surface area contributed by atoms with Gasteiger partial charge in [0.1, 0.15) is 17.4 Å². The largest absolute Gasteiger partial charge is 0.497 e. The molecule has 2 aromatic rings. The summed E-state index contributed by atoms with van der Waals surface area (Å²) in [5.41, 5.74) is 0. The van der Waals surface area contributed by atoms with Crippen molar-refractivity contribution >= 4 is 26.5 Å². The highest BCUT2D eigenvalue weighted by atomic mass is 32.2. The summed E-state index contributed by atoms with van der Waals surface area (Å²) in [6, 6.07) is 6.06. The van der Waals surface area contributed by atoms with E-state index < -0.39 is 10.0 Å². The average molecular weight is 315 g/mol. The second-order valence-electron chi connectivity index (χ2n) is 3.71. The standard InChI is InChI=1S/C11H13N3O4S2/c1-17-7-10-12-13-11(19-10)14-20(15,16)9-5-3-8(18-2)4-6-9/h3-6H,7H2,1-2H3,(H,13,14). The van der Waals surface area contributed by atoms with E-state index in [4.69, 9.17) is 9.47 Å². The maximum Gasteiger partial charge on any atom is 0.263 e. The second kappa shape index (κ2) is 6.16. The third-order valence-electron chi connectivity index (χ3n) is 2.33. The van der Waals surface area contributed by atoms with Crippen molar-refractivity contribution in [1.29, 1.82) is 0 Å². The molecule has 0 saturated carbocycles. The molecule has 1 heterocycles. The fraction of sp³-hybridized carbons (Fsp3) is 0.273. The highest BCUT2D eigenvalue weighted by Gasteiger charge is 2.16. The lowest BCUT2D eigenvalue weighted by Gasteiger charge is -2.05. The van der Waals surface area contributed by atoms with Crippen molar-refractivity contribution in [2.75, 3.05) is 18.9 Å². The van der Waals surface area contributed by atoms with Crippen LogP contribution in [0.4, 0.5) is 5.13 Å². The third kappa shape index (κ3) is 3.44. The van der Waals surface area contributed by atoms with Gasteiger partial charge in [0.15, 0.2) is 0 Å². The van der Waals surface area contributed by atoms with Crippen LogP contribution in [0.5, 0.6) is 5.75 Å². The number of hydrogen-bond acceptors (Lipinski definition) is 7. The lowest BCUT2D eigenvalue weighted by Crippen LogP contribution is -2.12. The molecule has 7 nitrogen and oxygen atoms in total. The Morgan fingerprint density at radius 1 is 1.20 bits per heavy atom. The SMILES string of the molecule is COCc1nnc(NS(=O)(=O)c2ccc(OC)cc2)s1. The van der Waals surface area contributed by atoms with Crippen LogP contribution in [0.1, 0.15) is 5.01 Å². The van der Waals surface area contributed by atoms with Crippen molar-refractivity contribution in [2.24, 2.45) is 0 Å². The number of methoxy groups -OCH3 is 2. The zero-order valence-electron chi connectivity index (χ0n) is 10.9. The van der Waals surface area contributed by atoms with Gasteiger partial charge in [-0.1, -0.05) is 11.3 Å². The van der Waals surface area contributed by atoms with Crippen LogP contribution in [-0.2, 0) is 21.4 Å². The Balaban J connectivity index is 2.16. The van der Waals surface area contributed by atoms with Crippen molar-refractivity contribution in [3.05, 3.63) is 29.3 Å². The number of rotatable bonds is 6. The number of anilines is 1. The molecule has 0 atom stereocenters. The van der Waals surface area contributed by atoms with E-state index in [-0.39, 0.29) is 10.0 Å². The van der Waals surface area contributed by atoms with Gasteiger partial charge in [-0.05, 0) is 24.3 Å². The molecule has 0 bridgehead atoms. The summed E-state index contributed by atoms with van der Waals surface area (Å²) < 4.78 is 36.5. The molecule has 0 saturated heterocycles. The van der Waals surface area contributed by atoms with Crippen LogP contribution in [0.2, 0.25) is 0 Å². The summed E-state index contributed by atoms with van der Waals surface area (Å²) >= 11 is 1.12. The minimum Gasteiger partial charge on any atom is -0.497 e. The van der Waals surface area contributed by atoms with Gasteiger partial charge in [0, 0.05) is 7.11 Å². The maximum absolute atomic E-state index is 12.1. The van der Waals surface area contributed by atoms with Crippen molar-refractivity contribution in [1.82, 2.24) is 10.2 Å². The molecule has 20 heavy (non-hydrogen) atoms. The molecule has 0 unspecified atom stereocenters. The molecule has 0 aliphatic rings. The number of nitrogens with zero attached hydrogens (tertiary/aromatic N) is 2. The van der Waals surface area contributed by atoms with Crippen LogP contribution in [0.25, 0.3) is 0 Å². The van der Waals surface area contributed by atoms with Crippen molar-refractivity contribution in [2.45, 2.75) is 11.5 Å². The van der Waals surface area contributed by atoms with E-state index in [2.05, 4.69) is 14.9 Å². The van der Waals surface area contributed by atoms with Gasteiger partial charge in [0.2, 0.25) is 5.13 Å². The number of benzene rings is 1. The molecule has 108 valence electrons. The first-order valence-corrected chi connectivity index (χ1v) is 7.83. The third-order valence-corrected chi connectivity index (χ3v) is 4.62.